The third-order valence-corrected chi connectivity index (χ3v) is 7.38. The summed E-state index contributed by atoms with van der Waals surface area (Å²) < 4.78 is 5.75. The molecule has 0 spiro atoms. The Balaban J connectivity index is 4.56. The van der Waals surface area contributed by atoms with Crippen LogP contribution >= 0.6 is 0 Å². The molecule has 0 aliphatic rings. The molecule has 0 bridgehead atoms. The second-order valence-electron chi connectivity index (χ2n) is 5.11. The summed E-state index contributed by atoms with van der Waals surface area (Å²) in [4.78, 5) is 10.8. The van der Waals surface area contributed by atoms with Crippen molar-refractivity contribution in [2.45, 2.75) is 58.4 Å². The molecule has 0 aromatic carbocycles. The summed E-state index contributed by atoms with van der Waals surface area (Å²) in [6.07, 6.45) is -0.113. The van der Waals surface area contributed by atoms with E-state index in [-0.39, 0.29) is 5.04 Å². The molecule has 0 aromatic rings. The largest absolute Gasteiger partial charge is 0.479 e. The number of carboxylic acid groups (broad SMARTS) is 1. The first-order chi connectivity index (χ1) is 6.12. The van der Waals surface area contributed by atoms with Gasteiger partial charge in [-0.25, -0.2) is 4.79 Å². The molecule has 4 heteroatoms. The highest BCUT2D eigenvalue weighted by atomic mass is 28.4. The van der Waals surface area contributed by atoms with Gasteiger partial charge in [0.25, 0.3) is 0 Å². The highest BCUT2D eigenvalue weighted by molar-refractivity contribution is 6.74. The molecule has 1 N–H and O–H groups in total. The number of aliphatic carboxylic acids is 1. The van der Waals surface area contributed by atoms with E-state index in [1.54, 1.807) is 0 Å². The van der Waals surface area contributed by atoms with E-state index >= 15 is 0 Å². The van der Waals surface area contributed by atoms with Gasteiger partial charge in [-0.05, 0) is 24.6 Å². The van der Waals surface area contributed by atoms with Gasteiger partial charge in [0.15, 0.2) is 8.32 Å². The van der Waals surface area contributed by atoms with E-state index < -0.39 is 20.4 Å². The number of hydrogen-bond acceptors (Lipinski definition) is 2. The number of rotatable bonds is 4. The van der Waals surface area contributed by atoms with Crippen LogP contribution in [0.1, 0.15) is 34.1 Å². The fourth-order valence-electron chi connectivity index (χ4n) is 0.841. The average molecular weight is 218 g/mol. The Bertz CT molecular complexity index is 206. The van der Waals surface area contributed by atoms with Gasteiger partial charge in [-0.2, -0.15) is 0 Å². The summed E-state index contributed by atoms with van der Waals surface area (Å²) >= 11 is 0. The van der Waals surface area contributed by atoms with Gasteiger partial charge in [0, 0.05) is 0 Å². The van der Waals surface area contributed by atoms with E-state index in [1.165, 1.54) is 0 Å². The van der Waals surface area contributed by atoms with Crippen LogP contribution in [0.5, 0.6) is 0 Å². The van der Waals surface area contributed by atoms with E-state index in [2.05, 4.69) is 33.9 Å². The van der Waals surface area contributed by atoms with Crippen molar-refractivity contribution in [3.63, 3.8) is 0 Å². The maximum absolute atomic E-state index is 10.8. The third kappa shape index (κ3) is 3.42. The van der Waals surface area contributed by atoms with Crippen LogP contribution in [0.4, 0.5) is 0 Å². The smallest absolute Gasteiger partial charge is 0.331 e. The third-order valence-electron chi connectivity index (χ3n) is 2.89. The van der Waals surface area contributed by atoms with Gasteiger partial charge in [0.2, 0.25) is 0 Å². The van der Waals surface area contributed by atoms with Crippen LogP contribution in [0.15, 0.2) is 0 Å². The fraction of sp³-hybridized carbons (Fsp3) is 0.900. The Morgan fingerprint density at radius 1 is 1.43 bits per heavy atom. The lowest BCUT2D eigenvalue weighted by molar-refractivity contribution is -0.145. The van der Waals surface area contributed by atoms with Crippen molar-refractivity contribution in [1.82, 2.24) is 0 Å². The Labute approximate surface area is 87.6 Å². The summed E-state index contributed by atoms with van der Waals surface area (Å²) in [5.41, 5.74) is 0. The van der Waals surface area contributed by atoms with Crippen molar-refractivity contribution < 1.29 is 14.3 Å². The van der Waals surface area contributed by atoms with Gasteiger partial charge >= 0.3 is 5.97 Å². The molecule has 0 fully saturated rings. The molecule has 0 amide bonds. The normalized spacial score (nSPS) is 15.3. The summed E-state index contributed by atoms with van der Waals surface area (Å²) in [6.45, 7) is 12.3. The first-order valence-electron chi connectivity index (χ1n) is 5.02. The molecule has 0 radical (unpaired) electrons. The van der Waals surface area contributed by atoms with Crippen LogP contribution in [0.3, 0.4) is 0 Å². The van der Waals surface area contributed by atoms with Crippen LogP contribution in [-0.2, 0) is 9.22 Å². The topological polar surface area (TPSA) is 46.5 Å². The SMILES string of the molecule is CC[C@H](O[Si](C)(C)C(C)(C)C)C(=O)O. The minimum Gasteiger partial charge on any atom is -0.479 e. The standard InChI is InChI=1S/C10H22O3Si/c1-7-8(9(11)12)13-14(5,6)10(2,3)4/h8H,7H2,1-6H3,(H,11,12)/t8-/m0/s1. The lowest BCUT2D eigenvalue weighted by atomic mass is 10.2. The zero-order chi connectivity index (χ0) is 11.6. The predicted octanol–water partition coefficient (Wildman–Crippen LogP) is 2.87. The summed E-state index contributed by atoms with van der Waals surface area (Å²) in [5, 5.41) is 8.96. The lowest BCUT2D eigenvalue weighted by Crippen LogP contribution is -2.45. The van der Waals surface area contributed by atoms with Gasteiger partial charge in [-0.1, -0.05) is 27.7 Å². The summed E-state index contributed by atoms with van der Waals surface area (Å²) in [5.74, 6) is -0.850. The number of carbonyl (C=O) groups is 1. The maximum Gasteiger partial charge on any atom is 0.331 e. The molecular weight excluding hydrogens is 196 g/mol. The monoisotopic (exact) mass is 218 g/mol. The van der Waals surface area contributed by atoms with Crippen LogP contribution in [0.2, 0.25) is 18.1 Å². The average Bonchev–Trinajstić information content (AvgIpc) is 1.97. The van der Waals surface area contributed by atoms with Crippen molar-refractivity contribution in [2.75, 3.05) is 0 Å². The quantitative estimate of drug-likeness (QED) is 0.738. The Morgan fingerprint density at radius 2 is 1.86 bits per heavy atom. The molecule has 0 rings (SSSR count). The second-order valence-corrected chi connectivity index (χ2v) is 9.87. The molecule has 14 heavy (non-hydrogen) atoms. The predicted molar refractivity (Wildman–Crippen MR) is 60.0 cm³/mol. The van der Waals surface area contributed by atoms with E-state index in [9.17, 15) is 4.79 Å². The van der Waals surface area contributed by atoms with Gasteiger partial charge in [0.1, 0.15) is 6.10 Å². The van der Waals surface area contributed by atoms with Gasteiger partial charge < -0.3 is 9.53 Å². The summed E-state index contributed by atoms with van der Waals surface area (Å²) in [6, 6.07) is 0. The first kappa shape index (κ1) is 13.6. The van der Waals surface area contributed by atoms with E-state index in [0.29, 0.717) is 6.42 Å². The molecular formula is C10H22O3Si. The Kier molecular flexibility index (Phi) is 4.33. The highest BCUT2D eigenvalue weighted by Gasteiger charge is 2.40. The van der Waals surface area contributed by atoms with Crippen molar-refractivity contribution in [2.24, 2.45) is 0 Å². The second kappa shape index (κ2) is 4.44. The van der Waals surface area contributed by atoms with Crippen LogP contribution in [0, 0.1) is 0 Å². The Morgan fingerprint density at radius 3 is 2.07 bits per heavy atom. The molecule has 0 aromatic heterocycles. The molecule has 1 atom stereocenters. The molecule has 0 saturated heterocycles. The minimum atomic E-state index is -1.93. The van der Waals surface area contributed by atoms with Crippen LogP contribution in [-0.4, -0.2) is 25.5 Å². The van der Waals surface area contributed by atoms with Crippen molar-refractivity contribution >= 4 is 14.3 Å². The molecule has 0 heterocycles. The van der Waals surface area contributed by atoms with E-state index in [4.69, 9.17) is 9.53 Å². The first-order valence-corrected chi connectivity index (χ1v) is 7.93. The molecule has 0 unspecified atom stereocenters. The molecule has 3 nitrogen and oxygen atoms in total. The van der Waals surface area contributed by atoms with Gasteiger partial charge in [-0.3, -0.25) is 0 Å². The van der Waals surface area contributed by atoms with Crippen LogP contribution < -0.4 is 0 Å². The molecule has 84 valence electrons. The van der Waals surface area contributed by atoms with Crippen molar-refractivity contribution in [3.8, 4) is 0 Å². The zero-order valence-corrected chi connectivity index (χ0v) is 11.0. The fourth-order valence-corrected chi connectivity index (χ4v) is 2.17. The van der Waals surface area contributed by atoms with E-state index in [1.807, 2.05) is 6.92 Å². The zero-order valence-electron chi connectivity index (χ0n) is 10.0. The summed E-state index contributed by atoms with van der Waals surface area (Å²) in [7, 11) is -1.93. The molecule has 0 aliphatic heterocycles. The van der Waals surface area contributed by atoms with Crippen molar-refractivity contribution in [1.29, 1.82) is 0 Å². The molecule has 0 aliphatic carbocycles. The van der Waals surface area contributed by atoms with Gasteiger partial charge in [0.05, 0.1) is 0 Å². The van der Waals surface area contributed by atoms with Gasteiger partial charge in [-0.15, -0.1) is 0 Å². The number of hydrogen-bond donors (Lipinski definition) is 1. The lowest BCUT2D eigenvalue weighted by Gasteiger charge is -2.38. The van der Waals surface area contributed by atoms with Crippen LogP contribution in [0.25, 0.3) is 0 Å². The Hall–Kier alpha value is -0.353. The molecule has 0 saturated carbocycles. The highest BCUT2D eigenvalue weighted by Crippen LogP contribution is 2.37. The van der Waals surface area contributed by atoms with Crippen molar-refractivity contribution in [3.05, 3.63) is 0 Å². The number of carboxylic acids is 1. The minimum absolute atomic E-state index is 0.0653. The maximum atomic E-state index is 10.8. The van der Waals surface area contributed by atoms with E-state index in [0.717, 1.165) is 0 Å².